The molecule has 1 aliphatic carbocycles. The number of likely N-dealkylation sites (tertiary alicyclic amines) is 1. The van der Waals surface area contributed by atoms with Gasteiger partial charge in [-0.3, -0.25) is 4.79 Å². The monoisotopic (exact) mass is 436 g/mol. The lowest BCUT2D eigenvalue weighted by atomic mass is 9.66. The van der Waals surface area contributed by atoms with Crippen molar-refractivity contribution in [1.29, 1.82) is 0 Å². The molecule has 1 aliphatic heterocycles. The van der Waals surface area contributed by atoms with Gasteiger partial charge in [0, 0.05) is 42.4 Å². The minimum atomic E-state index is -0.597. The first kappa shape index (κ1) is 22.8. The maximum absolute atomic E-state index is 12.9. The molecule has 1 amide bonds. The number of carbonyl (C=O) groups excluding carboxylic acids is 1. The number of anilines is 2. The number of nitrogens with one attached hydrogen (secondary N) is 2. The molecule has 2 aromatic carbocycles. The van der Waals surface area contributed by atoms with Crippen LogP contribution in [0, 0.1) is 5.92 Å². The second-order valence-electron chi connectivity index (χ2n) is 9.45. The van der Waals surface area contributed by atoms with Crippen molar-refractivity contribution in [2.45, 2.75) is 57.6 Å². The highest BCUT2D eigenvalue weighted by molar-refractivity contribution is 5.91. The number of amides is 1. The Balaban J connectivity index is 1.58. The molecule has 172 valence electrons. The van der Waals surface area contributed by atoms with Crippen molar-refractivity contribution in [2.24, 2.45) is 5.92 Å². The van der Waals surface area contributed by atoms with Gasteiger partial charge >= 0.3 is 0 Å². The fourth-order valence-corrected chi connectivity index (χ4v) is 5.93. The average molecular weight is 437 g/mol. The molecule has 1 saturated carbocycles. The zero-order chi connectivity index (χ0) is 22.6. The van der Waals surface area contributed by atoms with Crippen LogP contribution in [0.5, 0.6) is 0 Å². The third kappa shape index (κ3) is 4.84. The van der Waals surface area contributed by atoms with Crippen LogP contribution in [0.3, 0.4) is 0 Å². The van der Waals surface area contributed by atoms with E-state index >= 15 is 0 Å². The number of piperidine rings is 1. The molecule has 5 heteroatoms. The minimum absolute atomic E-state index is 0.0391. The van der Waals surface area contributed by atoms with Gasteiger partial charge in [0.2, 0.25) is 0 Å². The van der Waals surface area contributed by atoms with Crippen LogP contribution in [0.2, 0.25) is 0 Å². The Morgan fingerprint density at radius 3 is 2.47 bits per heavy atom. The van der Waals surface area contributed by atoms with Crippen molar-refractivity contribution in [3.05, 3.63) is 60.2 Å². The van der Waals surface area contributed by atoms with Gasteiger partial charge in [0.1, 0.15) is 6.04 Å². The summed E-state index contributed by atoms with van der Waals surface area (Å²) in [6.07, 6.45) is 4.95. The van der Waals surface area contributed by atoms with E-state index in [9.17, 15) is 9.90 Å². The van der Waals surface area contributed by atoms with E-state index in [1.165, 1.54) is 16.2 Å². The molecule has 4 atom stereocenters. The Labute approximate surface area is 192 Å². The second kappa shape index (κ2) is 10.1. The number of hydrogen-bond acceptors (Lipinski definition) is 3. The number of aliphatic hydroxyl groups is 1. The lowest BCUT2D eigenvalue weighted by Crippen LogP contribution is -3.16. The summed E-state index contributed by atoms with van der Waals surface area (Å²) in [5, 5.41) is 14.6. The second-order valence-corrected chi connectivity index (χ2v) is 9.45. The van der Waals surface area contributed by atoms with Crippen molar-refractivity contribution >= 4 is 17.3 Å². The number of rotatable bonds is 7. The summed E-state index contributed by atoms with van der Waals surface area (Å²) < 4.78 is 0. The highest BCUT2D eigenvalue weighted by atomic mass is 16.3. The van der Waals surface area contributed by atoms with Gasteiger partial charge in [0.25, 0.3) is 5.91 Å². The molecule has 2 aliphatic rings. The van der Waals surface area contributed by atoms with Gasteiger partial charge in [-0.25, -0.2) is 0 Å². The van der Waals surface area contributed by atoms with E-state index in [1.54, 1.807) is 0 Å². The summed E-state index contributed by atoms with van der Waals surface area (Å²) in [4.78, 5) is 16.5. The van der Waals surface area contributed by atoms with Crippen LogP contribution in [0.25, 0.3) is 0 Å². The summed E-state index contributed by atoms with van der Waals surface area (Å²) in [6, 6.07) is 18.7. The van der Waals surface area contributed by atoms with Crippen LogP contribution < -0.4 is 15.1 Å². The van der Waals surface area contributed by atoms with E-state index in [4.69, 9.17) is 0 Å². The quantitative estimate of drug-likeness (QED) is 0.623. The van der Waals surface area contributed by atoms with Crippen LogP contribution in [0.15, 0.2) is 54.6 Å². The predicted octanol–water partition coefficient (Wildman–Crippen LogP) is 3.42. The van der Waals surface area contributed by atoms with E-state index in [0.717, 1.165) is 57.4 Å². The average Bonchev–Trinajstić information content (AvgIpc) is 2.81. The SMILES string of the molecule is CCN(CC)c1ccc([C@@H]2[C@@H]3CCCC[C@]3(O)CC[NH+]2CC(=O)Nc2ccccc2)cc1. The molecule has 0 aromatic heterocycles. The van der Waals surface area contributed by atoms with Gasteiger partial charge in [0.15, 0.2) is 6.54 Å². The first-order chi connectivity index (χ1) is 15.5. The third-order valence-electron chi connectivity index (χ3n) is 7.61. The largest absolute Gasteiger partial charge is 0.389 e. The summed E-state index contributed by atoms with van der Waals surface area (Å²) in [5.41, 5.74) is 2.72. The Morgan fingerprint density at radius 2 is 1.78 bits per heavy atom. The number of quaternary nitrogens is 1. The molecule has 1 saturated heterocycles. The fourth-order valence-electron chi connectivity index (χ4n) is 5.93. The molecule has 1 heterocycles. The molecule has 2 aromatic rings. The summed E-state index contributed by atoms with van der Waals surface area (Å²) in [5.74, 6) is 0.237. The maximum atomic E-state index is 12.9. The molecule has 4 rings (SSSR count). The molecular weight excluding hydrogens is 398 g/mol. The molecule has 0 radical (unpaired) electrons. The highest BCUT2D eigenvalue weighted by Gasteiger charge is 2.51. The van der Waals surface area contributed by atoms with Gasteiger partial charge in [-0.2, -0.15) is 0 Å². The molecule has 0 spiro atoms. The zero-order valence-electron chi connectivity index (χ0n) is 19.5. The summed E-state index contributed by atoms with van der Waals surface area (Å²) >= 11 is 0. The predicted molar refractivity (Wildman–Crippen MR) is 130 cm³/mol. The number of carbonyl (C=O) groups is 1. The topological polar surface area (TPSA) is 57.0 Å². The summed E-state index contributed by atoms with van der Waals surface area (Å²) in [6.45, 7) is 7.56. The van der Waals surface area contributed by atoms with E-state index in [1.807, 2.05) is 30.3 Å². The smallest absolute Gasteiger partial charge is 0.279 e. The zero-order valence-corrected chi connectivity index (χ0v) is 19.5. The molecule has 3 N–H and O–H groups in total. The van der Waals surface area contributed by atoms with Crippen LogP contribution in [0.1, 0.15) is 57.6 Å². The van der Waals surface area contributed by atoms with E-state index in [0.29, 0.717) is 6.54 Å². The third-order valence-corrected chi connectivity index (χ3v) is 7.61. The maximum Gasteiger partial charge on any atom is 0.279 e. The van der Waals surface area contributed by atoms with Crippen LogP contribution in [-0.4, -0.2) is 42.8 Å². The Bertz CT molecular complexity index is 882. The Morgan fingerprint density at radius 1 is 1.06 bits per heavy atom. The molecular formula is C27H38N3O2+. The number of fused-ring (bicyclic) bond motifs is 1. The lowest BCUT2D eigenvalue weighted by Gasteiger charge is -2.50. The highest BCUT2D eigenvalue weighted by Crippen LogP contribution is 2.44. The van der Waals surface area contributed by atoms with Crippen LogP contribution in [0.4, 0.5) is 11.4 Å². The van der Waals surface area contributed by atoms with Crippen molar-refractivity contribution in [2.75, 3.05) is 36.4 Å². The number of benzene rings is 2. The van der Waals surface area contributed by atoms with Gasteiger partial charge in [-0.05, 0) is 51.0 Å². The fraction of sp³-hybridized carbons (Fsp3) is 0.519. The normalized spacial score (nSPS) is 27.4. The van der Waals surface area contributed by atoms with Gasteiger partial charge < -0.3 is 20.2 Å². The molecule has 5 nitrogen and oxygen atoms in total. The molecule has 2 fully saturated rings. The van der Waals surface area contributed by atoms with Gasteiger partial charge in [-0.1, -0.05) is 43.2 Å². The van der Waals surface area contributed by atoms with E-state index in [-0.39, 0.29) is 17.9 Å². The van der Waals surface area contributed by atoms with Crippen molar-refractivity contribution in [1.82, 2.24) is 0 Å². The van der Waals surface area contributed by atoms with Crippen molar-refractivity contribution in [3.63, 3.8) is 0 Å². The van der Waals surface area contributed by atoms with E-state index in [2.05, 4.69) is 48.3 Å². The first-order valence-electron chi connectivity index (χ1n) is 12.3. The van der Waals surface area contributed by atoms with Gasteiger partial charge in [-0.15, -0.1) is 0 Å². The molecule has 1 unspecified atom stereocenters. The first-order valence-corrected chi connectivity index (χ1v) is 12.3. The van der Waals surface area contributed by atoms with Crippen molar-refractivity contribution in [3.8, 4) is 0 Å². The van der Waals surface area contributed by atoms with Crippen LogP contribution in [-0.2, 0) is 4.79 Å². The number of nitrogens with zero attached hydrogens (tertiary/aromatic N) is 1. The van der Waals surface area contributed by atoms with Crippen molar-refractivity contribution < 1.29 is 14.8 Å². The standard InChI is InChI=1S/C27H37N3O2/c1-3-29(4-2)23-15-13-21(14-16-23)26-24-12-8-9-17-27(24,32)18-19-30(26)20-25(31)28-22-10-6-5-7-11-22/h5-7,10-11,13-16,24,26,32H,3-4,8-9,12,17-20H2,1-2H3,(H,28,31)/p+1/t24-,26+,27-/m0/s1. The number of para-hydroxylation sites is 1. The molecule has 0 bridgehead atoms. The number of hydrogen-bond donors (Lipinski definition) is 3. The Kier molecular flexibility index (Phi) is 7.17. The Hall–Kier alpha value is -2.37. The lowest BCUT2D eigenvalue weighted by molar-refractivity contribution is -0.937. The minimum Gasteiger partial charge on any atom is -0.389 e. The summed E-state index contributed by atoms with van der Waals surface area (Å²) in [7, 11) is 0. The van der Waals surface area contributed by atoms with Crippen LogP contribution >= 0.6 is 0 Å². The molecule has 32 heavy (non-hydrogen) atoms. The van der Waals surface area contributed by atoms with Gasteiger partial charge in [0.05, 0.1) is 12.1 Å². The van der Waals surface area contributed by atoms with E-state index < -0.39 is 5.60 Å².